The Bertz CT molecular complexity index is 1000. The minimum atomic E-state index is -0.798. The fourth-order valence-corrected chi connectivity index (χ4v) is 3.75. The van der Waals surface area contributed by atoms with E-state index in [1.807, 2.05) is 18.2 Å². The van der Waals surface area contributed by atoms with E-state index >= 15 is 0 Å². The number of carboxylic acids is 1. The van der Waals surface area contributed by atoms with Crippen LogP contribution in [-0.2, 0) is 16.0 Å². The van der Waals surface area contributed by atoms with Crippen molar-refractivity contribution in [2.75, 3.05) is 6.54 Å². The normalized spacial score (nSPS) is 14.8. The molecule has 3 N–H and O–H groups in total. The van der Waals surface area contributed by atoms with Crippen molar-refractivity contribution >= 4 is 23.9 Å². The lowest BCUT2D eigenvalue weighted by Crippen LogP contribution is -2.27. The number of amides is 2. The van der Waals surface area contributed by atoms with Gasteiger partial charge in [0.05, 0.1) is 6.04 Å². The monoisotopic (exact) mass is 438 g/mol. The third kappa shape index (κ3) is 6.77. The number of unbranched alkanes of at least 4 members (excludes halogenated alkanes) is 2. The number of aryl methyl sites for hydroxylation is 1. The van der Waals surface area contributed by atoms with Crippen molar-refractivity contribution in [1.82, 2.24) is 10.6 Å². The predicted octanol–water partition coefficient (Wildman–Crippen LogP) is 4.02. The topological polar surface area (TPSA) is 95.5 Å². The van der Waals surface area contributed by atoms with Gasteiger partial charge < -0.3 is 15.7 Å². The Morgan fingerprint density at radius 3 is 2.59 bits per heavy atom. The van der Waals surface area contributed by atoms with Gasteiger partial charge in [0.1, 0.15) is 5.82 Å². The van der Waals surface area contributed by atoms with Gasteiger partial charge in [-0.15, -0.1) is 0 Å². The number of halogens is 1. The van der Waals surface area contributed by atoms with Gasteiger partial charge in [-0.1, -0.05) is 24.6 Å². The number of hydrogen-bond donors (Lipinski definition) is 3. The summed E-state index contributed by atoms with van der Waals surface area (Å²) in [6.07, 6.45) is 7.14. The summed E-state index contributed by atoms with van der Waals surface area (Å²) in [5, 5.41) is 14.4. The molecule has 0 aliphatic heterocycles. The second kappa shape index (κ2) is 11.2. The predicted molar refractivity (Wildman–Crippen MR) is 120 cm³/mol. The third-order valence-electron chi connectivity index (χ3n) is 5.45. The molecule has 7 heteroatoms. The summed E-state index contributed by atoms with van der Waals surface area (Å²) in [4.78, 5) is 34.8. The lowest BCUT2D eigenvalue weighted by molar-refractivity contribution is -0.137. The van der Waals surface area contributed by atoms with Crippen LogP contribution in [-0.4, -0.2) is 29.4 Å². The maximum atomic E-state index is 13.1. The summed E-state index contributed by atoms with van der Waals surface area (Å²) >= 11 is 0. The molecule has 0 saturated heterocycles. The van der Waals surface area contributed by atoms with Gasteiger partial charge in [0.25, 0.3) is 5.91 Å². The number of rotatable bonds is 10. The highest BCUT2D eigenvalue weighted by atomic mass is 19.1. The molecule has 1 aliphatic rings. The van der Waals surface area contributed by atoms with Crippen LogP contribution >= 0.6 is 0 Å². The molecule has 0 fully saturated rings. The number of hydrogen-bond acceptors (Lipinski definition) is 3. The van der Waals surface area contributed by atoms with Gasteiger partial charge in [0, 0.05) is 24.6 Å². The van der Waals surface area contributed by atoms with Crippen molar-refractivity contribution in [2.45, 2.75) is 44.6 Å². The summed E-state index contributed by atoms with van der Waals surface area (Å²) in [5.74, 6) is -1.59. The Labute approximate surface area is 186 Å². The molecule has 0 spiro atoms. The second-order valence-electron chi connectivity index (χ2n) is 7.86. The van der Waals surface area contributed by atoms with Crippen LogP contribution < -0.4 is 10.6 Å². The van der Waals surface area contributed by atoms with Crippen molar-refractivity contribution in [3.05, 3.63) is 76.6 Å². The molecule has 0 saturated carbocycles. The fraction of sp³-hybridized carbons (Fsp3) is 0.320. The van der Waals surface area contributed by atoms with E-state index in [1.165, 1.54) is 30.3 Å². The third-order valence-corrected chi connectivity index (χ3v) is 5.45. The van der Waals surface area contributed by atoms with Crippen LogP contribution in [0.3, 0.4) is 0 Å². The Kier molecular flexibility index (Phi) is 8.14. The number of carbonyl (C=O) groups excluding carboxylic acids is 2. The van der Waals surface area contributed by atoms with Gasteiger partial charge in [0.2, 0.25) is 5.91 Å². The summed E-state index contributed by atoms with van der Waals surface area (Å²) in [7, 11) is 0. The Morgan fingerprint density at radius 2 is 1.84 bits per heavy atom. The molecule has 1 atom stereocenters. The summed E-state index contributed by atoms with van der Waals surface area (Å²) in [6.45, 7) is 0.516. The zero-order valence-corrected chi connectivity index (χ0v) is 17.8. The highest BCUT2D eigenvalue weighted by Gasteiger charge is 2.24. The van der Waals surface area contributed by atoms with E-state index in [-0.39, 0.29) is 30.1 Å². The van der Waals surface area contributed by atoms with Gasteiger partial charge in [-0.3, -0.25) is 14.4 Å². The van der Waals surface area contributed by atoms with Crippen LogP contribution in [0, 0.1) is 5.82 Å². The first-order chi connectivity index (χ1) is 15.4. The van der Waals surface area contributed by atoms with Crippen molar-refractivity contribution in [3.63, 3.8) is 0 Å². The number of carbonyl (C=O) groups is 3. The zero-order valence-electron chi connectivity index (χ0n) is 17.8. The molecule has 0 bridgehead atoms. The van der Waals surface area contributed by atoms with Crippen molar-refractivity contribution in [3.8, 4) is 0 Å². The molecule has 32 heavy (non-hydrogen) atoms. The first kappa shape index (κ1) is 23.2. The Balaban J connectivity index is 1.48. The minimum Gasteiger partial charge on any atom is -0.481 e. The summed E-state index contributed by atoms with van der Waals surface area (Å²) < 4.78 is 13.1. The Morgan fingerprint density at radius 1 is 1.06 bits per heavy atom. The number of fused-ring (bicyclic) bond motifs is 1. The second-order valence-corrected chi connectivity index (χ2v) is 7.86. The quantitative estimate of drug-likeness (QED) is 0.386. The molecule has 6 nitrogen and oxygen atoms in total. The van der Waals surface area contributed by atoms with Crippen molar-refractivity contribution in [1.29, 1.82) is 0 Å². The molecular weight excluding hydrogens is 411 g/mol. The van der Waals surface area contributed by atoms with Crippen LogP contribution in [0.25, 0.3) is 6.08 Å². The molecule has 2 amide bonds. The maximum Gasteiger partial charge on any atom is 0.303 e. The van der Waals surface area contributed by atoms with Gasteiger partial charge in [0.15, 0.2) is 0 Å². The summed E-state index contributed by atoms with van der Waals surface area (Å²) in [5.41, 5.74) is 3.52. The van der Waals surface area contributed by atoms with Gasteiger partial charge >= 0.3 is 5.97 Å². The number of nitrogens with one attached hydrogen (secondary N) is 2. The first-order valence-electron chi connectivity index (χ1n) is 10.8. The summed E-state index contributed by atoms with van der Waals surface area (Å²) in [6, 6.07) is 11.3. The maximum absolute atomic E-state index is 13.1. The van der Waals surface area contributed by atoms with E-state index in [2.05, 4.69) is 10.6 Å². The number of aliphatic carboxylic acids is 1. The molecule has 1 unspecified atom stereocenters. The average Bonchev–Trinajstić information content (AvgIpc) is 3.16. The van der Waals surface area contributed by atoms with Gasteiger partial charge in [-0.2, -0.15) is 0 Å². The van der Waals surface area contributed by atoms with E-state index in [1.54, 1.807) is 6.08 Å². The van der Waals surface area contributed by atoms with E-state index in [9.17, 15) is 18.8 Å². The fourth-order valence-electron chi connectivity index (χ4n) is 3.75. The van der Waals surface area contributed by atoms with E-state index in [4.69, 9.17) is 5.11 Å². The lowest BCUT2D eigenvalue weighted by Gasteiger charge is -2.14. The molecule has 2 aromatic carbocycles. The highest BCUT2D eigenvalue weighted by Crippen LogP contribution is 2.32. The lowest BCUT2D eigenvalue weighted by atomic mass is 10.0. The zero-order chi connectivity index (χ0) is 22.9. The molecule has 1 aliphatic carbocycles. The van der Waals surface area contributed by atoms with Crippen molar-refractivity contribution in [2.24, 2.45) is 0 Å². The highest BCUT2D eigenvalue weighted by molar-refractivity contribution is 5.94. The Hall–Kier alpha value is -3.48. The van der Waals surface area contributed by atoms with E-state index in [0.29, 0.717) is 18.5 Å². The smallest absolute Gasteiger partial charge is 0.303 e. The van der Waals surface area contributed by atoms with Gasteiger partial charge in [-0.05, 0) is 72.7 Å². The van der Waals surface area contributed by atoms with Crippen LogP contribution in [0.5, 0.6) is 0 Å². The largest absolute Gasteiger partial charge is 0.481 e. The van der Waals surface area contributed by atoms with Crippen LogP contribution in [0.2, 0.25) is 0 Å². The van der Waals surface area contributed by atoms with Crippen molar-refractivity contribution < 1.29 is 23.9 Å². The standard InChI is InChI=1S/C25H27FN2O4/c26-20-10-7-18(8-11-20)25(32)28-22-13-9-19-16-17(5-12-21(19)22)6-14-23(29)27-15-3-1-2-4-24(30)31/h5-8,10-12,14,16,22H,1-4,9,13,15H2,(H,27,29)(H,28,32)(H,30,31). The molecule has 0 aromatic heterocycles. The molecule has 2 aromatic rings. The SMILES string of the molecule is O=C(O)CCCCCNC(=O)C=Cc1ccc2c(c1)CCC2NC(=O)c1ccc(F)cc1. The van der Waals surface area contributed by atoms with E-state index in [0.717, 1.165) is 42.4 Å². The number of benzene rings is 2. The van der Waals surface area contributed by atoms with Gasteiger partial charge in [-0.25, -0.2) is 4.39 Å². The minimum absolute atomic E-state index is 0.0926. The number of carboxylic acid groups (broad SMARTS) is 1. The van der Waals surface area contributed by atoms with Crippen LogP contribution in [0.15, 0.2) is 48.5 Å². The molecule has 0 radical (unpaired) electrons. The first-order valence-corrected chi connectivity index (χ1v) is 10.8. The molecule has 0 heterocycles. The average molecular weight is 438 g/mol. The van der Waals surface area contributed by atoms with Crippen LogP contribution in [0.4, 0.5) is 4.39 Å². The molecule has 168 valence electrons. The van der Waals surface area contributed by atoms with E-state index < -0.39 is 5.97 Å². The molecular formula is C25H27FN2O4. The van der Waals surface area contributed by atoms with Crippen LogP contribution in [0.1, 0.15) is 65.2 Å². The molecule has 3 rings (SSSR count).